The van der Waals surface area contributed by atoms with Gasteiger partial charge in [-0.15, -0.1) is 0 Å². The van der Waals surface area contributed by atoms with Crippen LogP contribution in [0.3, 0.4) is 0 Å². The van der Waals surface area contributed by atoms with Crippen molar-refractivity contribution < 1.29 is 19.1 Å². The van der Waals surface area contributed by atoms with E-state index in [0.29, 0.717) is 6.41 Å². The number of likely N-dealkylation sites (N-methyl/N-ethyl adjacent to an activating group) is 1. The third-order valence-electron chi connectivity index (χ3n) is 7.06. The minimum absolute atomic E-state index is 0.0252. The number of carbonyl (C=O) groups excluding carboxylic acids is 3. The molecule has 0 aromatic carbocycles. The Balaban J connectivity index is 1.33. The Bertz CT molecular complexity index is 807. The van der Waals surface area contributed by atoms with E-state index in [0.717, 1.165) is 51.4 Å². The second-order valence-corrected chi connectivity index (χ2v) is 8.79. The zero-order chi connectivity index (χ0) is 20.6. The Kier molecular flexibility index (Phi) is 5.06. The maximum atomic E-state index is 13.0. The quantitative estimate of drug-likeness (QED) is 0.669. The molecule has 29 heavy (non-hydrogen) atoms. The van der Waals surface area contributed by atoms with Crippen LogP contribution in [-0.4, -0.2) is 52.8 Å². The average Bonchev–Trinajstić information content (AvgIpc) is 3.15. The Morgan fingerprint density at radius 1 is 1.28 bits per heavy atom. The Hall–Kier alpha value is -2.48. The first kappa shape index (κ1) is 19.8. The molecule has 1 aromatic heterocycles. The van der Waals surface area contributed by atoms with Gasteiger partial charge in [0.05, 0.1) is 5.54 Å². The van der Waals surface area contributed by atoms with Crippen molar-refractivity contribution in [3.8, 4) is 5.88 Å². The number of carbonyl (C=O) groups is 3. The van der Waals surface area contributed by atoms with E-state index in [-0.39, 0.29) is 34.9 Å². The van der Waals surface area contributed by atoms with Gasteiger partial charge in [0.25, 0.3) is 5.91 Å². The monoisotopic (exact) mass is 400 g/mol. The van der Waals surface area contributed by atoms with Gasteiger partial charge in [-0.2, -0.15) is 0 Å². The number of nitrogens with zero attached hydrogens (tertiary/aromatic N) is 2. The molecule has 0 atom stereocenters. The zero-order valence-electron chi connectivity index (χ0n) is 16.7. The summed E-state index contributed by atoms with van der Waals surface area (Å²) in [4.78, 5) is 41.8. The van der Waals surface area contributed by atoms with Crippen molar-refractivity contribution in [3.05, 3.63) is 23.9 Å². The maximum absolute atomic E-state index is 13.0. The molecule has 3 amide bonds. The lowest BCUT2D eigenvalue weighted by molar-refractivity contribution is -0.159. The van der Waals surface area contributed by atoms with Gasteiger partial charge < -0.3 is 15.8 Å². The maximum Gasteiger partial charge on any atom is 0.254 e. The van der Waals surface area contributed by atoms with E-state index in [2.05, 4.69) is 10.3 Å². The summed E-state index contributed by atoms with van der Waals surface area (Å²) >= 11 is 0. The van der Waals surface area contributed by atoms with Crippen LogP contribution in [0.15, 0.2) is 18.3 Å². The third kappa shape index (κ3) is 3.39. The second-order valence-electron chi connectivity index (χ2n) is 8.79. The van der Waals surface area contributed by atoms with Crippen molar-refractivity contribution >= 4 is 18.2 Å². The highest BCUT2D eigenvalue weighted by molar-refractivity contribution is 5.95. The molecule has 1 heterocycles. The van der Waals surface area contributed by atoms with Crippen LogP contribution < -0.4 is 15.8 Å². The predicted octanol–water partition coefficient (Wildman–Crippen LogP) is 1.39. The van der Waals surface area contributed by atoms with Gasteiger partial charge in [0.15, 0.2) is 0 Å². The lowest BCUT2D eigenvalue weighted by Gasteiger charge is -2.58. The topological polar surface area (TPSA) is 115 Å². The van der Waals surface area contributed by atoms with Crippen LogP contribution in [0.4, 0.5) is 0 Å². The fourth-order valence-corrected chi connectivity index (χ4v) is 5.39. The van der Waals surface area contributed by atoms with Crippen LogP contribution in [0.5, 0.6) is 5.88 Å². The van der Waals surface area contributed by atoms with Gasteiger partial charge >= 0.3 is 0 Å². The number of pyridine rings is 1. The highest BCUT2D eigenvalue weighted by Crippen LogP contribution is 2.58. The van der Waals surface area contributed by atoms with E-state index >= 15 is 0 Å². The van der Waals surface area contributed by atoms with Gasteiger partial charge in [-0.25, -0.2) is 4.98 Å². The summed E-state index contributed by atoms with van der Waals surface area (Å²) in [5.74, 6) is -0.368. The molecule has 8 heteroatoms. The summed E-state index contributed by atoms with van der Waals surface area (Å²) in [6.07, 6.45) is 9.11. The van der Waals surface area contributed by atoms with Crippen LogP contribution in [-0.2, 0) is 9.59 Å². The SMILES string of the molecule is CNC1(C(=O)N(C=O)C2CC3(CC(Oc4ncccc4C(N)=O)C3)C2)CCCC1. The van der Waals surface area contributed by atoms with E-state index in [1.54, 1.807) is 25.4 Å². The van der Waals surface area contributed by atoms with Crippen LogP contribution in [0, 0.1) is 5.41 Å². The Morgan fingerprint density at radius 2 is 1.97 bits per heavy atom. The molecule has 3 aliphatic carbocycles. The molecular weight excluding hydrogens is 372 g/mol. The van der Waals surface area contributed by atoms with E-state index in [1.165, 1.54) is 4.90 Å². The minimum Gasteiger partial charge on any atom is -0.474 e. The van der Waals surface area contributed by atoms with Crippen molar-refractivity contribution in [1.82, 2.24) is 15.2 Å². The molecular formula is C21H28N4O4. The van der Waals surface area contributed by atoms with Crippen molar-refractivity contribution in [2.75, 3.05) is 7.05 Å². The van der Waals surface area contributed by atoms with Crippen molar-refractivity contribution in [1.29, 1.82) is 0 Å². The van der Waals surface area contributed by atoms with Crippen LogP contribution in [0.1, 0.15) is 61.7 Å². The average molecular weight is 400 g/mol. The Morgan fingerprint density at radius 3 is 2.55 bits per heavy atom. The summed E-state index contributed by atoms with van der Waals surface area (Å²) < 4.78 is 5.89. The third-order valence-corrected chi connectivity index (χ3v) is 7.06. The summed E-state index contributed by atoms with van der Waals surface area (Å²) in [5, 5.41) is 3.18. The molecule has 3 aliphatic rings. The first-order valence-corrected chi connectivity index (χ1v) is 10.3. The smallest absolute Gasteiger partial charge is 0.254 e. The van der Waals surface area contributed by atoms with E-state index in [1.807, 2.05) is 0 Å². The molecule has 8 nitrogen and oxygen atoms in total. The molecule has 1 spiro atoms. The number of nitrogens with two attached hydrogens (primary N) is 1. The number of primary amides is 1. The highest BCUT2D eigenvalue weighted by atomic mass is 16.5. The summed E-state index contributed by atoms with van der Waals surface area (Å²) in [6, 6.07) is 3.22. The molecule has 156 valence electrons. The zero-order valence-corrected chi connectivity index (χ0v) is 16.7. The molecule has 0 unspecified atom stereocenters. The fourth-order valence-electron chi connectivity index (χ4n) is 5.39. The number of hydrogen-bond donors (Lipinski definition) is 2. The lowest BCUT2D eigenvalue weighted by Crippen LogP contribution is -2.64. The predicted molar refractivity (Wildman–Crippen MR) is 105 cm³/mol. The molecule has 3 fully saturated rings. The van der Waals surface area contributed by atoms with Gasteiger partial charge in [-0.05, 0) is 63.1 Å². The van der Waals surface area contributed by atoms with E-state index < -0.39 is 11.4 Å². The van der Waals surface area contributed by atoms with Gasteiger partial charge in [0, 0.05) is 12.2 Å². The van der Waals surface area contributed by atoms with Gasteiger partial charge in [-0.1, -0.05) is 12.8 Å². The van der Waals surface area contributed by atoms with Crippen LogP contribution >= 0.6 is 0 Å². The number of imide groups is 1. The van der Waals surface area contributed by atoms with E-state index in [4.69, 9.17) is 10.5 Å². The molecule has 0 radical (unpaired) electrons. The Labute approximate surface area is 170 Å². The molecule has 4 rings (SSSR count). The van der Waals surface area contributed by atoms with Crippen LogP contribution in [0.25, 0.3) is 0 Å². The molecule has 3 saturated carbocycles. The fraction of sp³-hybridized carbons (Fsp3) is 0.619. The minimum atomic E-state index is -0.584. The number of aromatic nitrogens is 1. The van der Waals surface area contributed by atoms with Crippen molar-refractivity contribution in [3.63, 3.8) is 0 Å². The molecule has 0 saturated heterocycles. The molecule has 3 N–H and O–H groups in total. The number of ether oxygens (including phenoxy) is 1. The van der Waals surface area contributed by atoms with Gasteiger partial charge in [0.2, 0.25) is 18.2 Å². The molecule has 0 aliphatic heterocycles. The normalized spacial score (nSPS) is 29.6. The van der Waals surface area contributed by atoms with Crippen LogP contribution in [0.2, 0.25) is 0 Å². The standard InChI is InChI=1S/C21H28N4O4/c1-23-21(6-2-3-7-21)19(28)25(13-26)14-9-20(10-14)11-15(12-20)29-18-16(17(22)27)5-4-8-24-18/h4-5,8,13-15,23H,2-3,6-7,9-12H2,1H3,(H2,22,27). The molecule has 1 aromatic rings. The summed E-state index contributed by atoms with van der Waals surface area (Å²) in [7, 11) is 1.81. The summed E-state index contributed by atoms with van der Waals surface area (Å²) in [5.41, 5.74) is 5.19. The van der Waals surface area contributed by atoms with Gasteiger partial charge in [-0.3, -0.25) is 19.3 Å². The van der Waals surface area contributed by atoms with E-state index in [9.17, 15) is 14.4 Å². The highest BCUT2D eigenvalue weighted by Gasteiger charge is 2.57. The largest absolute Gasteiger partial charge is 0.474 e. The number of hydrogen-bond acceptors (Lipinski definition) is 6. The van der Waals surface area contributed by atoms with Crippen molar-refractivity contribution in [2.24, 2.45) is 11.1 Å². The second kappa shape index (κ2) is 7.40. The van der Waals surface area contributed by atoms with Gasteiger partial charge in [0.1, 0.15) is 11.7 Å². The summed E-state index contributed by atoms with van der Waals surface area (Å²) in [6.45, 7) is 0. The number of nitrogens with one attached hydrogen (secondary N) is 1. The van der Waals surface area contributed by atoms with Crippen molar-refractivity contribution in [2.45, 2.75) is 69.1 Å². The first-order chi connectivity index (χ1) is 13.9. The number of amides is 3. The lowest BCUT2D eigenvalue weighted by atomic mass is 9.52. The number of rotatable bonds is 7. The molecule has 0 bridgehead atoms. The first-order valence-electron chi connectivity index (χ1n) is 10.3.